The third-order valence-electron chi connectivity index (χ3n) is 3.56. The van der Waals surface area contributed by atoms with Crippen LogP contribution >= 0.6 is 0 Å². The van der Waals surface area contributed by atoms with Crippen LogP contribution in [-0.4, -0.2) is 42.1 Å². The summed E-state index contributed by atoms with van der Waals surface area (Å²) in [6, 6.07) is 8.00. The Labute approximate surface area is 114 Å². The second-order valence-corrected chi connectivity index (χ2v) is 5.17. The average molecular weight is 265 g/mol. The number of nitrogens with zero attached hydrogens (tertiary/aromatic N) is 1. The van der Waals surface area contributed by atoms with Crippen LogP contribution in [0.25, 0.3) is 0 Å². The number of aliphatic hydroxyl groups excluding tert-OH is 2. The molecule has 4 nitrogen and oxygen atoms in total. The summed E-state index contributed by atoms with van der Waals surface area (Å²) in [6.07, 6.45) is 0.333. The molecular formula is C15H23NO3. The van der Waals surface area contributed by atoms with Crippen molar-refractivity contribution in [2.45, 2.75) is 38.6 Å². The SMILES string of the molecule is CC[C@@H](O)c1ccc(N2CC(C)OC(CO)C2)cc1. The van der Waals surface area contributed by atoms with E-state index in [9.17, 15) is 10.2 Å². The van der Waals surface area contributed by atoms with E-state index in [0.29, 0.717) is 6.54 Å². The van der Waals surface area contributed by atoms with Gasteiger partial charge in [-0.15, -0.1) is 0 Å². The van der Waals surface area contributed by atoms with Crippen LogP contribution < -0.4 is 4.90 Å². The van der Waals surface area contributed by atoms with Crippen LogP contribution in [-0.2, 0) is 4.74 Å². The van der Waals surface area contributed by atoms with E-state index in [2.05, 4.69) is 4.90 Å². The lowest BCUT2D eigenvalue weighted by atomic mass is 10.1. The maximum atomic E-state index is 9.79. The molecule has 1 aliphatic rings. The molecular weight excluding hydrogens is 242 g/mol. The summed E-state index contributed by atoms with van der Waals surface area (Å²) < 4.78 is 5.63. The lowest BCUT2D eigenvalue weighted by molar-refractivity contribution is -0.0421. The standard InChI is InChI=1S/C15H23NO3/c1-3-15(18)12-4-6-13(7-5-12)16-8-11(2)19-14(9-16)10-17/h4-7,11,14-15,17-18H,3,8-10H2,1-2H3/t11?,14?,15-/m1/s1. The summed E-state index contributed by atoms with van der Waals surface area (Å²) in [5.41, 5.74) is 2.06. The first-order valence-corrected chi connectivity index (χ1v) is 6.93. The smallest absolute Gasteiger partial charge is 0.0984 e. The van der Waals surface area contributed by atoms with Crippen molar-refractivity contribution in [2.24, 2.45) is 0 Å². The van der Waals surface area contributed by atoms with E-state index in [0.717, 1.165) is 24.2 Å². The molecule has 2 unspecified atom stereocenters. The van der Waals surface area contributed by atoms with E-state index < -0.39 is 0 Å². The largest absolute Gasteiger partial charge is 0.394 e. The zero-order chi connectivity index (χ0) is 13.8. The van der Waals surface area contributed by atoms with Gasteiger partial charge in [0.05, 0.1) is 24.9 Å². The molecule has 0 amide bonds. The molecule has 1 aliphatic heterocycles. The highest BCUT2D eigenvalue weighted by Gasteiger charge is 2.24. The maximum Gasteiger partial charge on any atom is 0.0984 e. The van der Waals surface area contributed by atoms with Crippen molar-refractivity contribution < 1.29 is 14.9 Å². The van der Waals surface area contributed by atoms with Crippen LogP contribution in [0.3, 0.4) is 0 Å². The highest BCUT2D eigenvalue weighted by molar-refractivity contribution is 5.48. The van der Waals surface area contributed by atoms with Gasteiger partial charge in [0.2, 0.25) is 0 Å². The first kappa shape index (κ1) is 14.3. The first-order chi connectivity index (χ1) is 9.13. The number of rotatable bonds is 4. The summed E-state index contributed by atoms with van der Waals surface area (Å²) in [7, 11) is 0. The number of ether oxygens (including phenoxy) is 1. The molecule has 0 saturated carbocycles. The normalized spacial score (nSPS) is 25.4. The molecule has 0 spiro atoms. The van der Waals surface area contributed by atoms with Crippen LogP contribution in [0, 0.1) is 0 Å². The lowest BCUT2D eigenvalue weighted by Crippen LogP contribution is -2.48. The molecule has 2 rings (SSSR count). The fourth-order valence-corrected chi connectivity index (χ4v) is 2.50. The van der Waals surface area contributed by atoms with E-state index in [1.165, 1.54) is 0 Å². The summed E-state index contributed by atoms with van der Waals surface area (Å²) in [4.78, 5) is 2.22. The topological polar surface area (TPSA) is 52.9 Å². The van der Waals surface area contributed by atoms with Crippen LogP contribution in [0.4, 0.5) is 5.69 Å². The van der Waals surface area contributed by atoms with Gasteiger partial charge in [0, 0.05) is 18.8 Å². The third-order valence-corrected chi connectivity index (χ3v) is 3.56. The van der Waals surface area contributed by atoms with E-state index in [1.54, 1.807) is 0 Å². The van der Waals surface area contributed by atoms with Crippen molar-refractivity contribution in [2.75, 3.05) is 24.6 Å². The molecule has 2 N–H and O–H groups in total. The molecule has 106 valence electrons. The minimum absolute atomic E-state index is 0.0491. The Hall–Kier alpha value is -1.10. The van der Waals surface area contributed by atoms with Gasteiger partial charge < -0.3 is 19.8 Å². The van der Waals surface area contributed by atoms with Crippen LogP contribution in [0.2, 0.25) is 0 Å². The van der Waals surface area contributed by atoms with Crippen molar-refractivity contribution in [3.05, 3.63) is 29.8 Å². The molecule has 0 bridgehead atoms. The van der Waals surface area contributed by atoms with Gasteiger partial charge in [0.1, 0.15) is 0 Å². The minimum atomic E-state index is -0.386. The van der Waals surface area contributed by atoms with Crippen molar-refractivity contribution in [1.29, 1.82) is 0 Å². The van der Waals surface area contributed by atoms with E-state index in [4.69, 9.17) is 4.74 Å². The number of aliphatic hydroxyl groups is 2. The van der Waals surface area contributed by atoms with Crippen molar-refractivity contribution in [1.82, 2.24) is 0 Å². The molecule has 4 heteroatoms. The second kappa shape index (κ2) is 6.37. The van der Waals surface area contributed by atoms with Crippen molar-refractivity contribution in [3.63, 3.8) is 0 Å². The Morgan fingerprint density at radius 3 is 2.58 bits per heavy atom. The molecule has 0 radical (unpaired) electrons. The van der Waals surface area contributed by atoms with Gasteiger partial charge in [-0.3, -0.25) is 0 Å². The Morgan fingerprint density at radius 2 is 2.00 bits per heavy atom. The quantitative estimate of drug-likeness (QED) is 0.870. The molecule has 1 aromatic carbocycles. The van der Waals surface area contributed by atoms with E-state index in [-0.39, 0.29) is 24.9 Å². The monoisotopic (exact) mass is 265 g/mol. The number of hydrogen-bond acceptors (Lipinski definition) is 4. The van der Waals surface area contributed by atoms with Gasteiger partial charge in [-0.1, -0.05) is 19.1 Å². The zero-order valence-corrected chi connectivity index (χ0v) is 11.6. The molecule has 1 saturated heterocycles. The van der Waals surface area contributed by atoms with Crippen molar-refractivity contribution in [3.8, 4) is 0 Å². The van der Waals surface area contributed by atoms with Gasteiger partial charge in [-0.2, -0.15) is 0 Å². The van der Waals surface area contributed by atoms with Gasteiger partial charge in [0.15, 0.2) is 0 Å². The van der Waals surface area contributed by atoms with Gasteiger partial charge in [0.25, 0.3) is 0 Å². The zero-order valence-electron chi connectivity index (χ0n) is 11.6. The maximum absolute atomic E-state index is 9.79. The number of benzene rings is 1. The van der Waals surface area contributed by atoms with Gasteiger partial charge in [-0.05, 0) is 31.0 Å². The lowest BCUT2D eigenvalue weighted by Gasteiger charge is -2.37. The predicted octanol–water partition coefficient (Wildman–Crippen LogP) is 1.72. The number of anilines is 1. The first-order valence-electron chi connectivity index (χ1n) is 6.93. The van der Waals surface area contributed by atoms with E-state index in [1.807, 2.05) is 38.1 Å². The molecule has 0 aliphatic carbocycles. The molecule has 19 heavy (non-hydrogen) atoms. The molecule has 3 atom stereocenters. The van der Waals surface area contributed by atoms with Crippen LogP contribution in [0.15, 0.2) is 24.3 Å². The Morgan fingerprint density at radius 1 is 1.32 bits per heavy atom. The van der Waals surface area contributed by atoms with Crippen LogP contribution in [0.5, 0.6) is 0 Å². The minimum Gasteiger partial charge on any atom is -0.394 e. The number of morpholine rings is 1. The Balaban J connectivity index is 2.08. The summed E-state index contributed by atoms with van der Waals surface area (Å²) >= 11 is 0. The molecule has 0 aromatic heterocycles. The Bertz CT molecular complexity index is 393. The summed E-state index contributed by atoms with van der Waals surface area (Å²) in [6.45, 7) is 5.56. The molecule has 1 heterocycles. The third kappa shape index (κ3) is 3.47. The Kier molecular flexibility index (Phi) is 4.80. The molecule has 1 fully saturated rings. The highest BCUT2D eigenvalue weighted by Crippen LogP contribution is 2.23. The predicted molar refractivity (Wildman–Crippen MR) is 75.3 cm³/mol. The van der Waals surface area contributed by atoms with E-state index >= 15 is 0 Å². The van der Waals surface area contributed by atoms with Crippen LogP contribution in [0.1, 0.15) is 31.9 Å². The number of hydrogen-bond donors (Lipinski definition) is 2. The van der Waals surface area contributed by atoms with Gasteiger partial charge in [-0.25, -0.2) is 0 Å². The highest BCUT2D eigenvalue weighted by atomic mass is 16.5. The fraction of sp³-hybridized carbons (Fsp3) is 0.600. The molecule has 1 aromatic rings. The second-order valence-electron chi connectivity index (χ2n) is 5.17. The van der Waals surface area contributed by atoms with Gasteiger partial charge >= 0.3 is 0 Å². The fourth-order valence-electron chi connectivity index (χ4n) is 2.50. The summed E-state index contributed by atoms with van der Waals surface area (Å²) in [5, 5.41) is 19.0. The summed E-state index contributed by atoms with van der Waals surface area (Å²) in [5.74, 6) is 0. The average Bonchev–Trinajstić information content (AvgIpc) is 2.46. The van der Waals surface area contributed by atoms with Crippen molar-refractivity contribution >= 4 is 5.69 Å².